The molecule has 264 valence electrons. The molecule has 6 amide bonds. The summed E-state index contributed by atoms with van der Waals surface area (Å²) in [6.07, 6.45) is 0. The van der Waals surface area contributed by atoms with Crippen LogP contribution in [0.25, 0.3) is 11.0 Å². The zero-order valence-electron chi connectivity index (χ0n) is 26.7. The van der Waals surface area contributed by atoms with Crippen molar-refractivity contribution in [2.24, 2.45) is 0 Å². The lowest BCUT2D eigenvalue weighted by atomic mass is 9.99. The van der Waals surface area contributed by atoms with E-state index in [1.807, 2.05) is 0 Å². The number of ketones is 1. The summed E-state index contributed by atoms with van der Waals surface area (Å²) in [5, 5.41) is 13.7. The van der Waals surface area contributed by atoms with Crippen molar-refractivity contribution in [3.05, 3.63) is 87.9 Å². The SMILES string of the molecule is CCN1CCN(C(=O)NC(C(=O)NC2C(=O)N3C(C(=O)C(=O)O)=C(COc4ccc5ccc(=O)oc5c4)CS(=O)C23)c2ccccc2)C(=O)C1=O. The third-order valence-corrected chi connectivity index (χ3v) is 10.2. The van der Waals surface area contributed by atoms with Gasteiger partial charge < -0.3 is 29.8 Å². The average molecular weight is 720 g/mol. The van der Waals surface area contributed by atoms with Gasteiger partial charge >= 0.3 is 29.4 Å². The number of piperazine rings is 1. The zero-order chi connectivity index (χ0) is 36.6. The van der Waals surface area contributed by atoms with Gasteiger partial charge in [0.25, 0.3) is 11.7 Å². The number of carboxylic acid groups (broad SMARTS) is 1. The second-order valence-electron chi connectivity index (χ2n) is 11.6. The van der Waals surface area contributed by atoms with Crippen molar-refractivity contribution in [3.8, 4) is 5.75 Å². The average Bonchev–Trinajstić information content (AvgIpc) is 3.12. The Hall–Kier alpha value is -6.17. The minimum atomic E-state index is -1.98. The summed E-state index contributed by atoms with van der Waals surface area (Å²) >= 11 is 0. The summed E-state index contributed by atoms with van der Waals surface area (Å²) in [4.78, 5) is 105. The van der Waals surface area contributed by atoms with Crippen molar-refractivity contribution in [2.45, 2.75) is 24.4 Å². The number of fused-ring (bicyclic) bond motifs is 2. The summed E-state index contributed by atoms with van der Waals surface area (Å²) in [6.45, 7) is 1.46. The molecule has 0 spiro atoms. The number of carbonyl (C=O) groups is 7. The molecule has 3 aliphatic heterocycles. The predicted octanol–water partition coefficient (Wildman–Crippen LogP) is -0.363. The lowest BCUT2D eigenvalue weighted by molar-refractivity contribution is -0.153. The molecule has 0 bridgehead atoms. The van der Waals surface area contributed by atoms with Crippen molar-refractivity contribution in [1.29, 1.82) is 0 Å². The van der Waals surface area contributed by atoms with Crippen molar-refractivity contribution in [3.63, 3.8) is 0 Å². The highest BCUT2D eigenvalue weighted by Gasteiger charge is 2.58. The van der Waals surface area contributed by atoms with Gasteiger partial charge in [0, 0.05) is 42.7 Å². The van der Waals surface area contributed by atoms with Crippen LogP contribution in [0.5, 0.6) is 5.75 Å². The second-order valence-corrected chi connectivity index (χ2v) is 13.1. The minimum Gasteiger partial charge on any atom is -0.489 e. The van der Waals surface area contributed by atoms with Crippen LogP contribution in [0.4, 0.5) is 4.79 Å². The molecular weight excluding hydrogens is 690 g/mol. The maximum absolute atomic E-state index is 13.7. The van der Waals surface area contributed by atoms with E-state index in [1.54, 1.807) is 37.3 Å². The van der Waals surface area contributed by atoms with Crippen LogP contribution in [0.2, 0.25) is 0 Å². The lowest BCUT2D eigenvalue weighted by Crippen LogP contribution is -2.74. The fourth-order valence-corrected chi connectivity index (χ4v) is 7.60. The molecule has 17 nitrogen and oxygen atoms in total. The molecule has 3 N–H and O–H groups in total. The van der Waals surface area contributed by atoms with E-state index in [9.17, 15) is 47.7 Å². The van der Waals surface area contributed by atoms with E-state index >= 15 is 0 Å². The maximum atomic E-state index is 13.7. The highest BCUT2D eigenvalue weighted by atomic mass is 32.2. The maximum Gasteiger partial charge on any atom is 0.378 e. The quantitative estimate of drug-likeness (QED) is 0.139. The van der Waals surface area contributed by atoms with Gasteiger partial charge in [-0.25, -0.2) is 14.4 Å². The van der Waals surface area contributed by atoms with Crippen LogP contribution in [0, 0.1) is 0 Å². The van der Waals surface area contributed by atoms with E-state index in [-0.39, 0.29) is 42.1 Å². The third kappa shape index (κ3) is 6.60. The number of aliphatic carboxylic acids is 1. The summed E-state index contributed by atoms with van der Waals surface area (Å²) in [5.41, 5.74) is -0.767. The van der Waals surface area contributed by atoms with E-state index in [4.69, 9.17) is 9.15 Å². The van der Waals surface area contributed by atoms with Crippen molar-refractivity contribution >= 4 is 63.2 Å². The number of carboxylic acids is 1. The first kappa shape index (κ1) is 34.7. The number of rotatable bonds is 10. The fourth-order valence-electron chi connectivity index (χ4n) is 5.94. The molecule has 2 aromatic carbocycles. The molecule has 3 aromatic rings. The number of hydrogen-bond donors (Lipinski definition) is 3. The van der Waals surface area contributed by atoms with E-state index in [0.29, 0.717) is 10.3 Å². The molecule has 4 unspecified atom stereocenters. The Balaban J connectivity index is 1.22. The third-order valence-electron chi connectivity index (χ3n) is 8.52. The molecule has 0 radical (unpaired) electrons. The van der Waals surface area contributed by atoms with Gasteiger partial charge in [0.15, 0.2) is 0 Å². The molecule has 2 fully saturated rings. The van der Waals surface area contributed by atoms with Gasteiger partial charge in [-0.1, -0.05) is 30.3 Å². The molecule has 0 aliphatic carbocycles. The number of ether oxygens (including phenoxy) is 1. The number of Topliss-reactive ketones (excluding diaryl/α,β-unsaturated/α-hetero) is 1. The minimum absolute atomic E-state index is 0.0541. The predicted molar refractivity (Wildman–Crippen MR) is 175 cm³/mol. The first-order valence-corrected chi connectivity index (χ1v) is 16.9. The van der Waals surface area contributed by atoms with E-state index < -0.39 is 93.4 Å². The van der Waals surface area contributed by atoms with Crippen LogP contribution in [-0.4, -0.2) is 109 Å². The summed E-state index contributed by atoms with van der Waals surface area (Å²) in [7, 11) is -1.98. The number of amides is 6. The number of benzene rings is 2. The first-order chi connectivity index (χ1) is 24.4. The van der Waals surface area contributed by atoms with Crippen molar-refractivity contribution < 1.29 is 52.0 Å². The number of hydrogen-bond acceptors (Lipinski definition) is 11. The zero-order valence-corrected chi connectivity index (χ0v) is 27.5. The normalized spacial score (nSPS) is 20.8. The number of imide groups is 1. The molecule has 1 aromatic heterocycles. The summed E-state index contributed by atoms with van der Waals surface area (Å²) < 4.78 is 24.4. The smallest absolute Gasteiger partial charge is 0.378 e. The standard InChI is InChI=1S/C33H29N5O12S/c1-2-36-12-13-37(30(44)29(36)43)33(47)35-23(18-6-4-3-5-7-18)27(41)34-24-28(42)38-25(26(40)32(45)46)19(16-51(48)31(24)38)15-49-20-10-8-17-9-11-22(39)50-21(17)14-20/h3-11,14,23-24,31H,2,12-13,15-16H2,1H3,(H,34,41)(H,35,47)(H,45,46). The molecule has 0 saturated carbocycles. The molecule has 6 rings (SSSR count). The first-order valence-electron chi connectivity index (χ1n) is 15.5. The Bertz CT molecular complexity index is 2120. The Morgan fingerprint density at radius 3 is 2.43 bits per heavy atom. The van der Waals surface area contributed by atoms with Gasteiger partial charge in [-0.15, -0.1) is 0 Å². The van der Waals surface area contributed by atoms with Crippen LogP contribution < -0.4 is 21.0 Å². The Labute approximate surface area is 290 Å². The fraction of sp³-hybridized carbons (Fsp3) is 0.273. The van der Waals surface area contributed by atoms with Gasteiger partial charge in [-0.3, -0.25) is 38.0 Å². The number of carbonyl (C=O) groups excluding carboxylic acids is 6. The van der Waals surface area contributed by atoms with Crippen LogP contribution >= 0.6 is 0 Å². The summed E-state index contributed by atoms with van der Waals surface area (Å²) in [5.74, 6) is -7.41. The Morgan fingerprint density at radius 2 is 1.73 bits per heavy atom. The second kappa shape index (κ2) is 14.0. The summed E-state index contributed by atoms with van der Waals surface area (Å²) in [6, 6.07) is 11.1. The Morgan fingerprint density at radius 1 is 1.00 bits per heavy atom. The van der Waals surface area contributed by atoms with Crippen molar-refractivity contribution in [2.75, 3.05) is 32.0 Å². The van der Waals surface area contributed by atoms with Crippen LogP contribution in [0.1, 0.15) is 18.5 Å². The van der Waals surface area contributed by atoms with Gasteiger partial charge in [0.1, 0.15) is 41.1 Å². The number of likely N-dealkylation sites (N-methyl/N-ethyl adjacent to an activating group) is 1. The lowest BCUT2D eigenvalue weighted by Gasteiger charge is -2.49. The van der Waals surface area contributed by atoms with Gasteiger partial charge in [0.2, 0.25) is 5.91 Å². The van der Waals surface area contributed by atoms with E-state index in [0.717, 1.165) is 4.90 Å². The molecular formula is C33H29N5O12S. The molecule has 4 atom stereocenters. The van der Waals surface area contributed by atoms with Crippen molar-refractivity contribution in [1.82, 2.24) is 25.3 Å². The van der Waals surface area contributed by atoms with Gasteiger partial charge in [-0.05, 0) is 30.7 Å². The van der Waals surface area contributed by atoms with Crippen LogP contribution in [0.3, 0.4) is 0 Å². The molecule has 3 aliphatic rings. The number of urea groups is 1. The topological polar surface area (TPSA) is 230 Å². The molecule has 4 heterocycles. The number of nitrogens with zero attached hydrogens (tertiary/aromatic N) is 3. The highest BCUT2D eigenvalue weighted by molar-refractivity contribution is 7.86. The number of β-lactam (4-membered cyclic amide) rings is 1. The van der Waals surface area contributed by atoms with E-state index in [1.165, 1.54) is 35.2 Å². The molecule has 2 saturated heterocycles. The molecule has 51 heavy (non-hydrogen) atoms. The largest absolute Gasteiger partial charge is 0.489 e. The Kier molecular flexibility index (Phi) is 9.51. The van der Waals surface area contributed by atoms with Gasteiger partial charge in [0.05, 0.1) is 16.6 Å². The van der Waals surface area contributed by atoms with E-state index in [2.05, 4.69) is 10.6 Å². The number of nitrogens with one attached hydrogen (secondary N) is 2. The van der Waals surface area contributed by atoms with Gasteiger partial charge in [-0.2, -0.15) is 0 Å². The van der Waals surface area contributed by atoms with Crippen LogP contribution in [-0.2, 0) is 39.6 Å². The molecule has 18 heteroatoms. The highest BCUT2D eigenvalue weighted by Crippen LogP contribution is 2.36. The van der Waals surface area contributed by atoms with Crippen LogP contribution in [0.15, 0.2) is 81.1 Å². The monoisotopic (exact) mass is 719 g/mol.